The lowest BCUT2D eigenvalue weighted by Crippen LogP contribution is -2.41. The minimum atomic E-state index is -0.479. The molecule has 0 bridgehead atoms. The second kappa shape index (κ2) is 10.7. The molecule has 1 fully saturated rings. The van der Waals surface area contributed by atoms with Gasteiger partial charge in [-0.15, -0.1) is 0 Å². The van der Waals surface area contributed by atoms with E-state index in [0.29, 0.717) is 19.0 Å². The van der Waals surface area contributed by atoms with Crippen LogP contribution in [0.1, 0.15) is 46.6 Å². The molecule has 8 nitrogen and oxygen atoms in total. The number of nitrogens with one attached hydrogen (secondary N) is 1. The standard InChI is InChI=1S/C22H40N6O2/c1-8-23-20(24-12-17(2)14-26(6)21(29)30-22(3,4)5)28-10-9-18(16-28)11-19-13-25-27(7)15-19/h13,15,17-18H,8-12,14,16H2,1-7H3,(H,23,24). The van der Waals surface area contributed by atoms with E-state index in [0.717, 1.165) is 38.4 Å². The molecule has 170 valence electrons. The fourth-order valence-electron chi connectivity index (χ4n) is 3.71. The van der Waals surface area contributed by atoms with E-state index >= 15 is 0 Å². The Hall–Kier alpha value is -2.25. The summed E-state index contributed by atoms with van der Waals surface area (Å²) in [5.41, 5.74) is 0.817. The van der Waals surface area contributed by atoms with E-state index in [1.807, 2.05) is 38.7 Å². The van der Waals surface area contributed by atoms with Crippen LogP contribution in [0.4, 0.5) is 4.79 Å². The lowest BCUT2D eigenvalue weighted by Gasteiger charge is -2.26. The van der Waals surface area contributed by atoms with Gasteiger partial charge in [0.15, 0.2) is 5.96 Å². The second-order valence-electron chi connectivity index (χ2n) is 9.49. The molecule has 2 rings (SSSR count). The molecular weight excluding hydrogens is 380 g/mol. The first-order valence-corrected chi connectivity index (χ1v) is 11.0. The molecular formula is C22H40N6O2. The fraction of sp³-hybridized carbons (Fsp3) is 0.773. The summed E-state index contributed by atoms with van der Waals surface area (Å²) in [6, 6.07) is 0. The summed E-state index contributed by atoms with van der Waals surface area (Å²) < 4.78 is 7.30. The third kappa shape index (κ3) is 7.88. The molecule has 0 aliphatic carbocycles. The number of hydrogen-bond acceptors (Lipinski definition) is 4. The summed E-state index contributed by atoms with van der Waals surface area (Å²) in [5, 5.41) is 7.71. The first-order chi connectivity index (χ1) is 14.1. The van der Waals surface area contributed by atoms with Crippen molar-refractivity contribution in [1.82, 2.24) is 24.9 Å². The molecule has 0 aromatic carbocycles. The van der Waals surface area contributed by atoms with E-state index in [1.54, 1.807) is 11.9 Å². The number of amides is 1. The minimum Gasteiger partial charge on any atom is -0.444 e. The van der Waals surface area contributed by atoms with Gasteiger partial charge >= 0.3 is 6.09 Å². The first kappa shape index (κ1) is 24.0. The van der Waals surface area contributed by atoms with E-state index in [1.165, 1.54) is 5.56 Å². The van der Waals surface area contributed by atoms with E-state index in [9.17, 15) is 4.79 Å². The van der Waals surface area contributed by atoms with Crippen molar-refractivity contribution in [2.75, 3.05) is 39.8 Å². The summed E-state index contributed by atoms with van der Waals surface area (Å²) in [6.07, 6.45) is 6.00. The SMILES string of the molecule is CCNC(=NCC(C)CN(C)C(=O)OC(C)(C)C)N1CCC(Cc2cnn(C)c2)C1. The van der Waals surface area contributed by atoms with Gasteiger partial charge in [-0.25, -0.2) is 4.79 Å². The van der Waals surface area contributed by atoms with Crippen LogP contribution in [0.5, 0.6) is 0 Å². The Morgan fingerprint density at radius 3 is 2.80 bits per heavy atom. The quantitative estimate of drug-likeness (QED) is 0.542. The largest absolute Gasteiger partial charge is 0.444 e. The minimum absolute atomic E-state index is 0.241. The van der Waals surface area contributed by atoms with Gasteiger partial charge in [0.25, 0.3) is 0 Å². The maximum Gasteiger partial charge on any atom is 0.410 e. The third-order valence-corrected chi connectivity index (χ3v) is 5.05. The van der Waals surface area contributed by atoms with Crippen LogP contribution < -0.4 is 5.32 Å². The van der Waals surface area contributed by atoms with Crippen molar-refractivity contribution < 1.29 is 9.53 Å². The predicted molar refractivity (Wildman–Crippen MR) is 121 cm³/mol. The number of rotatable bonds is 7. The molecule has 0 saturated carbocycles. The van der Waals surface area contributed by atoms with E-state index in [4.69, 9.17) is 9.73 Å². The van der Waals surface area contributed by atoms with Crippen LogP contribution in [0.3, 0.4) is 0 Å². The Balaban J connectivity index is 1.86. The highest BCUT2D eigenvalue weighted by Crippen LogP contribution is 2.21. The molecule has 0 spiro atoms. The lowest BCUT2D eigenvalue weighted by molar-refractivity contribution is 0.0279. The molecule has 1 amide bonds. The molecule has 2 unspecified atom stereocenters. The Morgan fingerprint density at radius 2 is 2.20 bits per heavy atom. The zero-order valence-electron chi connectivity index (χ0n) is 19.8. The van der Waals surface area contributed by atoms with Crippen LogP contribution >= 0.6 is 0 Å². The average Bonchev–Trinajstić information content (AvgIpc) is 3.26. The van der Waals surface area contributed by atoms with Crippen molar-refractivity contribution in [2.24, 2.45) is 23.9 Å². The van der Waals surface area contributed by atoms with Gasteiger partial charge in [-0.1, -0.05) is 6.92 Å². The number of ether oxygens (including phenoxy) is 1. The van der Waals surface area contributed by atoms with Crippen molar-refractivity contribution in [3.63, 3.8) is 0 Å². The van der Waals surface area contributed by atoms with Gasteiger partial charge < -0.3 is 19.9 Å². The smallest absolute Gasteiger partial charge is 0.410 e. The maximum atomic E-state index is 12.2. The van der Waals surface area contributed by atoms with E-state index in [2.05, 4.69) is 35.4 Å². The summed E-state index contributed by atoms with van der Waals surface area (Å²) in [7, 11) is 3.74. The highest BCUT2D eigenvalue weighted by atomic mass is 16.6. The predicted octanol–water partition coefficient (Wildman–Crippen LogP) is 2.75. The van der Waals surface area contributed by atoms with Gasteiger partial charge in [0.1, 0.15) is 5.60 Å². The highest BCUT2D eigenvalue weighted by Gasteiger charge is 2.26. The van der Waals surface area contributed by atoms with Gasteiger partial charge in [-0.05, 0) is 57.9 Å². The number of likely N-dealkylation sites (tertiary alicyclic amines) is 1. The highest BCUT2D eigenvalue weighted by molar-refractivity contribution is 5.80. The summed E-state index contributed by atoms with van der Waals surface area (Å²) in [4.78, 5) is 21.0. The second-order valence-corrected chi connectivity index (χ2v) is 9.49. The maximum absolute atomic E-state index is 12.2. The molecule has 1 saturated heterocycles. The van der Waals surface area contributed by atoms with Crippen LogP contribution in [-0.2, 0) is 18.2 Å². The number of nitrogens with zero attached hydrogens (tertiary/aromatic N) is 5. The van der Waals surface area contributed by atoms with Crippen LogP contribution in [-0.4, -0.2) is 77.0 Å². The molecule has 30 heavy (non-hydrogen) atoms. The normalized spacial score (nSPS) is 18.4. The van der Waals surface area contributed by atoms with Gasteiger partial charge in [0, 0.05) is 53.0 Å². The summed E-state index contributed by atoms with van der Waals surface area (Å²) in [6.45, 7) is 14.0. The van der Waals surface area contributed by atoms with Crippen molar-refractivity contribution in [3.05, 3.63) is 18.0 Å². The number of carbonyl (C=O) groups is 1. The zero-order valence-corrected chi connectivity index (χ0v) is 19.8. The van der Waals surface area contributed by atoms with Gasteiger partial charge in [0.05, 0.1) is 6.20 Å². The topological polar surface area (TPSA) is 75.0 Å². The van der Waals surface area contributed by atoms with Crippen LogP contribution in [0.15, 0.2) is 17.4 Å². The fourth-order valence-corrected chi connectivity index (χ4v) is 3.71. The average molecular weight is 421 g/mol. The Morgan fingerprint density at radius 1 is 1.47 bits per heavy atom. The first-order valence-electron chi connectivity index (χ1n) is 11.0. The molecule has 1 aromatic rings. The molecule has 8 heteroatoms. The van der Waals surface area contributed by atoms with Gasteiger partial charge in [-0.3, -0.25) is 9.67 Å². The molecule has 1 aliphatic rings. The number of hydrogen-bond donors (Lipinski definition) is 1. The Kier molecular flexibility index (Phi) is 8.55. The molecule has 2 heterocycles. The molecule has 0 radical (unpaired) electrons. The van der Waals surface area contributed by atoms with Gasteiger partial charge in [-0.2, -0.15) is 5.10 Å². The Labute approximate surface area is 181 Å². The van der Waals surface area contributed by atoms with Gasteiger partial charge in [0.2, 0.25) is 0 Å². The van der Waals surface area contributed by atoms with Crippen LogP contribution in [0, 0.1) is 11.8 Å². The molecule has 1 aliphatic heterocycles. The lowest BCUT2D eigenvalue weighted by atomic mass is 10.0. The van der Waals surface area contributed by atoms with Crippen LogP contribution in [0.2, 0.25) is 0 Å². The number of aryl methyl sites for hydroxylation is 1. The van der Waals surface area contributed by atoms with Crippen molar-refractivity contribution in [1.29, 1.82) is 0 Å². The molecule has 1 N–H and O–H groups in total. The zero-order chi connectivity index (χ0) is 22.3. The number of aromatic nitrogens is 2. The van der Waals surface area contributed by atoms with Crippen LogP contribution in [0.25, 0.3) is 0 Å². The third-order valence-electron chi connectivity index (χ3n) is 5.05. The summed E-state index contributed by atoms with van der Waals surface area (Å²) >= 11 is 0. The number of carbonyl (C=O) groups excluding carboxylic acids is 1. The Bertz CT molecular complexity index is 709. The summed E-state index contributed by atoms with van der Waals surface area (Å²) in [5.74, 6) is 1.83. The monoisotopic (exact) mass is 420 g/mol. The molecule has 1 aromatic heterocycles. The van der Waals surface area contributed by atoms with E-state index in [-0.39, 0.29) is 12.0 Å². The molecule has 2 atom stereocenters. The number of aliphatic imine (C=N–C) groups is 1. The number of guanidine groups is 1. The van der Waals surface area contributed by atoms with Crippen molar-refractivity contribution in [3.8, 4) is 0 Å². The van der Waals surface area contributed by atoms with E-state index < -0.39 is 5.60 Å². The van der Waals surface area contributed by atoms with Crippen molar-refractivity contribution >= 4 is 12.1 Å². The van der Waals surface area contributed by atoms with Crippen molar-refractivity contribution in [2.45, 2.75) is 53.1 Å².